The fourth-order valence-corrected chi connectivity index (χ4v) is 5.05. The van der Waals surface area contributed by atoms with E-state index in [9.17, 15) is 9.59 Å². The minimum absolute atomic E-state index is 0.314. The van der Waals surface area contributed by atoms with E-state index in [4.69, 9.17) is 0 Å². The lowest BCUT2D eigenvalue weighted by molar-refractivity contribution is -0.129. The molecule has 0 aliphatic heterocycles. The van der Waals surface area contributed by atoms with Gasteiger partial charge in [0.15, 0.2) is 0 Å². The zero-order valence-corrected chi connectivity index (χ0v) is 17.8. The second kappa shape index (κ2) is 10.1. The number of hydrogen-bond donors (Lipinski definition) is 1. The second-order valence-electron chi connectivity index (χ2n) is 6.95. The van der Waals surface area contributed by atoms with Crippen LogP contribution in [0.4, 0.5) is 0 Å². The Kier molecular flexibility index (Phi) is 7.26. The Hall–Kier alpha value is -3.11. The molecule has 0 saturated carbocycles. The standard InChI is InChI=1S/C26H25NO2S/c1-3-19-30-24(25(29)27-20(2)28)26(21-13-7-4-8-14-21,22-15-9-5-10-16-22)23-17-11-6-12-18-23/h3-18,24H,1,19H2,2H3,(H,27,28,29). The maximum Gasteiger partial charge on any atom is 0.241 e. The third-order valence-corrected chi connectivity index (χ3v) is 6.33. The van der Waals surface area contributed by atoms with Crippen LogP contribution in [0.3, 0.4) is 0 Å². The molecule has 1 N–H and O–H groups in total. The predicted molar refractivity (Wildman–Crippen MR) is 124 cm³/mol. The van der Waals surface area contributed by atoms with Gasteiger partial charge in [0.05, 0.1) is 5.41 Å². The number of hydrogen-bond acceptors (Lipinski definition) is 3. The van der Waals surface area contributed by atoms with Crippen molar-refractivity contribution in [3.63, 3.8) is 0 Å². The van der Waals surface area contributed by atoms with Gasteiger partial charge < -0.3 is 0 Å². The molecule has 3 rings (SSSR count). The van der Waals surface area contributed by atoms with Crippen molar-refractivity contribution in [1.82, 2.24) is 5.32 Å². The van der Waals surface area contributed by atoms with Gasteiger partial charge in [-0.1, -0.05) is 97.1 Å². The maximum atomic E-state index is 13.4. The predicted octanol–water partition coefficient (Wildman–Crippen LogP) is 4.97. The van der Waals surface area contributed by atoms with E-state index < -0.39 is 10.7 Å². The van der Waals surface area contributed by atoms with Crippen LogP contribution < -0.4 is 5.32 Å². The lowest BCUT2D eigenvalue weighted by Gasteiger charge is -2.41. The van der Waals surface area contributed by atoms with Gasteiger partial charge in [-0.15, -0.1) is 18.3 Å². The number of nitrogens with one attached hydrogen (secondary N) is 1. The van der Waals surface area contributed by atoms with Crippen LogP contribution in [0.25, 0.3) is 0 Å². The van der Waals surface area contributed by atoms with Crippen LogP contribution in [0.2, 0.25) is 0 Å². The van der Waals surface area contributed by atoms with E-state index in [0.717, 1.165) is 16.7 Å². The third kappa shape index (κ3) is 4.39. The van der Waals surface area contributed by atoms with Gasteiger partial charge in [0, 0.05) is 12.7 Å². The normalized spacial score (nSPS) is 12.0. The number of amides is 2. The molecular weight excluding hydrogens is 390 g/mol. The smallest absolute Gasteiger partial charge is 0.241 e. The highest BCUT2D eigenvalue weighted by molar-refractivity contribution is 8.00. The fraction of sp³-hybridized carbons (Fsp3) is 0.154. The Balaban J connectivity index is 2.37. The number of rotatable bonds is 8. The molecule has 4 heteroatoms. The summed E-state index contributed by atoms with van der Waals surface area (Å²) in [6, 6.07) is 30.0. The highest BCUT2D eigenvalue weighted by Crippen LogP contribution is 2.46. The molecule has 0 aliphatic carbocycles. The fourth-order valence-electron chi connectivity index (χ4n) is 3.86. The van der Waals surface area contributed by atoms with Gasteiger partial charge in [-0.3, -0.25) is 14.9 Å². The van der Waals surface area contributed by atoms with E-state index in [1.807, 2.05) is 91.0 Å². The van der Waals surface area contributed by atoms with Crippen LogP contribution in [0.1, 0.15) is 23.6 Å². The molecule has 0 saturated heterocycles. The second-order valence-corrected chi connectivity index (χ2v) is 8.09. The van der Waals surface area contributed by atoms with E-state index in [2.05, 4.69) is 11.9 Å². The summed E-state index contributed by atoms with van der Waals surface area (Å²) in [4.78, 5) is 25.2. The van der Waals surface area contributed by atoms with Gasteiger partial charge >= 0.3 is 0 Å². The van der Waals surface area contributed by atoms with Crippen molar-refractivity contribution >= 4 is 23.6 Å². The summed E-state index contributed by atoms with van der Waals surface area (Å²) in [6.07, 6.45) is 1.78. The number of carbonyl (C=O) groups is 2. The van der Waals surface area contributed by atoms with Crippen molar-refractivity contribution < 1.29 is 9.59 Å². The monoisotopic (exact) mass is 415 g/mol. The van der Waals surface area contributed by atoms with Gasteiger partial charge in [0.25, 0.3) is 0 Å². The zero-order valence-electron chi connectivity index (χ0n) is 17.0. The van der Waals surface area contributed by atoms with Crippen molar-refractivity contribution in [3.05, 3.63) is 120 Å². The van der Waals surface area contributed by atoms with Gasteiger partial charge in [0.2, 0.25) is 11.8 Å². The first-order valence-corrected chi connectivity index (χ1v) is 10.9. The molecule has 3 nitrogen and oxygen atoms in total. The van der Waals surface area contributed by atoms with Gasteiger partial charge in [-0.25, -0.2) is 0 Å². The van der Waals surface area contributed by atoms with E-state index in [-0.39, 0.29) is 11.8 Å². The summed E-state index contributed by atoms with van der Waals surface area (Å²) < 4.78 is 0. The Bertz CT molecular complexity index is 891. The first-order chi connectivity index (χ1) is 14.6. The summed E-state index contributed by atoms with van der Waals surface area (Å²) in [6.45, 7) is 5.20. The highest BCUT2D eigenvalue weighted by atomic mass is 32.2. The van der Waals surface area contributed by atoms with Crippen LogP contribution in [-0.2, 0) is 15.0 Å². The molecule has 30 heavy (non-hydrogen) atoms. The summed E-state index contributed by atoms with van der Waals surface area (Å²) >= 11 is 1.48. The minimum atomic E-state index is -0.795. The van der Waals surface area contributed by atoms with Gasteiger partial charge in [-0.05, 0) is 16.7 Å². The van der Waals surface area contributed by atoms with Gasteiger partial charge in [0.1, 0.15) is 5.25 Å². The average Bonchev–Trinajstić information content (AvgIpc) is 2.78. The molecule has 152 valence electrons. The van der Waals surface area contributed by atoms with Crippen LogP contribution >= 0.6 is 11.8 Å². The SMILES string of the molecule is C=CCSC(C(=O)NC(C)=O)C(c1ccccc1)(c1ccccc1)c1ccccc1. The molecule has 0 aliphatic rings. The first-order valence-electron chi connectivity index (χ1n) is 9.81. The number of benzene rings is 3. The van der Waals surface area contributed by atoms with Crippen LogP contribution in [-0.4, -0.2) is 22.8 Å². The minimum Gasteiger partial charge on any atom is -0.296 e. The Morgan fingerprint density at radius 2 is 1.27 bits per heavy atom. The number of thioether (sulfide) groups is 1. The van der Waals surface area contributed by atoms with Crippen molar-refractivity contribution in [2.45, 2.75) is 17.6 Å². The summed E-state index contributed by atoms with van der Waals surface area (Å²) in [7, 11) is 0. The average molecular weight is 416 g/mol. The molecule has 1 atom stereocenters. The topological polar surface area (TPSA) is 46.2 Å². The molecule has 3 aromatic carbocycles. The molecular formula is C26H25NO2S. The zero-order chi connectivity index (χ0) is 21.4. The number of imide groups is 1. The van der Waals surface area contributed by atoms with Crippen LogP contribution in [0.15, 0.2) is 104 Å². The molecule has 2 amide bonds. The summed E-state index contributed by atoms with van der Waals surface area (Å²) in [5, 5.41) is 1.94. The molecule has 0 bridgehead atoms. The molecule has 0 heterocycles. The Labute approximate surface area is 182 Å². The quantitative estimate of drug-likeness (QED) is 0.417. The molecule has 3 aromatic rings. The molecule has 0 spiro atoms. The van der Waals surface area contributed by atoms with Crippen molar-refractivity contribution in [3.8, 4) is 0 Å². The lowest BCUT2D eigenvalue weighted by Crippen LogP contribution is -2.50. The van der Waals surface area contributed by atoms with Crippen molar-refractivity contribution in [2.75, 3.05) is 5.75 Å². The third-order valence-electron chi connectivity index (χ3n) is 5.00. The summed E-state index contributed by atoms with van der Waals surface area (Å²) in [5.74, 6) is -0.109. The first kappa shape index (κ1) is 21.6. The van der Waals surface area contributed by atoms with E-state index >= 15 is 0 Å². The number of carbonyl (C=O) groups excluding carboxylic acids is 2. The van der Waals surface area contributed by atoms with E-state index in [1.54, 1.807) is 6.08 Å². The summed E-state index contributed by atoms with van der Waals surface area (Å²) in [5.41, 5.74) is 2.17. The largest absolute Gasteiger partial charge is 0.296 e. The van der Waals surface area contributed by atoms with Crippen LogP contribution in [0, 0.1) is 0 Å². The van der Waals surface area contributed by atoms with Crippen LogP contribution in [0.5, 0.6) is 0 Å². The highest BCUT2D eigenvalue weighted by Gasteiger charge is 2.47. The lowest BCUT2D eigenvalue weighted by atomic mass is 9.66. The molecule has 0 aromatic heterocycles. The van der Waals surface area contributed by atoms with E-state index in [0.29, 0.717) is 5.75 Å². The molecule has 0 radical (unpaired) electrons. The van der Waals surface area contributed by atoms with Crippen molar-refractivity contribution in [2.24, 2.45) is 0 Å². The van der Waals surface area contributed by atoms with Crippen molar-refractivity contribution in [1.29, 1.82) is 0 Å². The maximum absolute atomic E-state index is 13.4. The van der Waals surface area contributed by atoms with Gasteiger partial charge in [-0.2, -0.15) is 0 Å². The molecule has 1 unspecified atom stereocenters. The Morgan fingerprint density at radius 1 is 0.867 bits per heavy atom. The van der Waals surface area contributed by atoms with E-state index in [1.165, 1.54) is 18.7 Å². The molecule has 0 fully saturated rings. The Morgan fingerprint density at radius 3 is 1.60 bits per heavy atom.